The molecular formula is C7H10N2O. The molecule has 0 spiro atoms. The molecule has 1 amide bonds. The van der Waals surface area contributed by atoms with E-state index in [1.165, 1.54) is 5.01 Å². The van der Waals surface area contributed by atoms with Crippen molar-refractivity contribution in [3.8, 4) is 0 Å². The van der Waals surface area contributed by atoms with E-state index < -0.39 is 0 Å². The van der Waals surface area contributed by atoms with E-state index in [4.69, 9.17) is 0 Å². The SMILES string of the molecule is CN1N=C2CCCC2C1=O. The van der Waals surface area contributed by atoms with E-state index in [-0.39, 0.29) is 11.8 Å². The summed E-state index contributed by atoms with van der Waals surface area (Å²) in [6.07, 6.45) is 3.19. The zero-order valence-electron chi connectivity index (χ0n) is 6.00. The Morgan fingerprint density at radius 1 is 1.70 bits per heavy atom. The number of carbonyl (C=O) groups excluding carboxylic acids is 1. The summed E-state index contributed by atoms with van der Waals surface area (Å²) in [5.41, 5.74) is 1.10. The fourth-order valence-corrected chi connectivity index (χ4v) is 1.68. The highest BCUT2D eigenvalue weighted by molar-refractivity contribution is 6.08. The van der Waals surface area contributed by atoms with Gasteiger partial charge in [0.15, 0.2) is 0 Å². The predicted octanol–water partition coefficient (Wildman–Crippen LogP) is 0.615. The molecule has 2 aliphatic rings. The zero-order valence-corrected chi connectivity index (χ0v) is 6.00. The van der Waals surface area contributed by atoms with Crippen LogP contribution in [0.1, 0.15) is 19.3 Å². The highest BCUT2D eigenvalue weighted by Crippen LogP contribution is 2.28. The van der Waals surface area contributed by atoms with E-state index in [2.05, 4.69) is 5.10 Å². The van der Waals surface area contributed by atoms with Gasteiger partial charge in [0.1, 0.15) is 0 Å². The Bertz CT molecular complexity index is 210. The van der Waals surface area contributed by atoms with E-state index in [0.29, 0.717) is 0 Å². The standard InChI is InChI=1S/C7H10N2O/c1-9-7(10)5-3-2-4-6(5)8-9/h5H,2-4H2,1H3. The van der Waals surface area contributed by atoms with Crippen molar-refractivity contribution >= 4 is 11.6 Å². The number of amides is 1. The number of hydrazone groups is 1. The minimum atomic E-state index is 0.157. The van der Waals surface area contributed by atoms with E-state index in [9.17, 15) is 4.79 Å². The van der Waals surface area contributed by atoms with Crippen LogP contribution >= 0.6 is 0 Å². The molecule has 0 radical (unpaired) electrons. The Kier molecular flexibility index (Phi) is 1.07. The van der Waals surface area contributed by atoms with Crippen LogP contribution in [0.2, 0.25) is 0 Å². The molecule has 3 nitrogen and oxygen atoms in total. The second-order valence-electron chi connectivity index (χ2n) is 2.90. The molecule has 1 aliphatic carbocycles. The molecule has 1 heterocycles. The van der Waals surface area contributed by atoms with Crippen LogP contribution in [0.3, 0.4) is 0 Å². The molecule has 0 aromatic rings. The number of hydrogen-bond donors (Lipinski definition) is 0. The molecule has 0 N–H and O–H groups in total. The Labute approximate surface area is 59.7 Å². The van der Waals surface area contributed by atoms with E-state index >= 15 is 0 Å². The summed E-state index contributed by atoms with van der Waals surface area (Å²) in [6.45, 7) is 0. The number of fused-ring (bicyclic) bond motifs is 1. The molecule has 10 heavy (non-hydrogen) atoms. The van der Waals surface area contributed by atoms with Gasteiger partial charge in [0.05, 0.1) is 11.6 Å². The van der Waals surface area contributed by atoms with Crippen LogP contribution in [-0.4, -0.2) is 23.7 Å². The van der Waals surface area contributed by atoms with Gasteiger partial charge in [0, 0.05) is 7.05 Å². The molecule has 1 atom stereocenters. The van der Waals surface area contributed by atoms with Crippen LogP contribution in [0.5, 0.6) is 0 Å². The van der Waals surface area contributed by atoms with Crippen LogP contribution < -0.4 is 0 Å². The summed E-state index contributed by atoms with van der Waals surface area (Å²) in [6, 6.07) is 0. The lowest BCUT2D eigenvalue weighted by molar-refractivity contribution is -0.130. The third-order valence-corrected chi connectivity index (χ3v) is 2.22. The lowest BCUT2D eigenvalue weighted by atomic mass is 10.1. The molecule has 3 heteroatoms. The van der Waals surface area contributed by atoms with Gasteiger partial charge in [0.25, 0.3) is 5.91 Å². The maximum atomic E-state index is 11.2. The van der Waals surface area contributed by atoms with Crippen LogP contribution in [0.4, 0.5) is 0 Å². The Morgan fingerprint density at radius 2 is 2.50 bits per heavy atom. The monoisotopic (exact) mass is 138 g/mol. The smallest absolute Gasteiger partial charge is 0.251 e. The fourth-order valence-electron chi connectivity index (χ4n) is 1.68. The summed E-state index contributed by atoms with van der Waals surface area (Å²) in [5.74, 6) is 0.345. The number of hydrogen-bond acceptors (Lipinski definition) is 2. The first-order chi connectivity index (χ1) is 4.79. The van der Waals surface area contributed by atoms with Crippen molar-refractivity contribution in [3.05, 3.63) is 0 Å². The van der Waals surface area contributed by atoms with Crippen LogP contribution in [0.15, 0.2) is 5.10 Å². The van der Waals surface area contributed by atoms with Crippen molar-refractivity contribution < 1.29 is 4.79 Å². The van der Waals surface area contributed by atoms with Crippen molar-refractivity contribution in [3.63, 3.8) is 0 Å². The molecule has 1 fully saturated rings. The lowest BCUT2D eigenvalue weighted by Crippen LogP contribution is -2.21. The summed E-state index contributed by atoms with van der Waals surface area (Å²) in [7, 11) is 1.73. The van der Waals surface area contributed by atoms with E-state index in [1.54, 1.807) is 7.05 Å². The maximum Gasteiger partial charge on any atom is 0.251 e. The van der Waals surface area contributed by atoms with Gasteiger partial charge in [-0.2, -0.15) is 5.10 Å². The fraction of sp³-hybridized carbons (Fsp3) is 0.714. The van der Waals surface area contributed by atoms with Crippen LogP contribution in [-0.2, 0) is 4.79 Å². The van der Waals surface area contributed by atoms with Gasteiger partial charge in [0.2, 0.25) is 0 Å². The van der Waals surface area contributed by atoms with Crippen molar-refractivity contribution in [1.29, 1.82) is 0 Å². The first-order valence-electron chi connectivity index (χ1n) is 3.64. The first-order valence-corrected chi connectivity index (χ1v) is 3.64. The van der Waals surface area contributed by atoms with E-state index in [1.807, 2.05) is 0 Å². The normalized spacial score (nSPS) is 30.9. The quantitative estimate of drug-likeness (QED) is 0.483. The number of nitrogens with zero attached hydrogens (tertiary/aromatic N) is 2. The van der Waals surface area contributed by atoms with Crippen molar-refractivity contribution in [2.75, 3.05) is 7.05 Å². The third-order valence-electron chi connectivity index (χ3n) is 2.22. The Balaban J connectivity index is 2.30. The minimum absolute atomic E-state index is 0.157. The average molecular weight is 138 g/mol. The highest BCUT2D eigenvalue weighted by Gasteiger charge is 2.36. The van der Waals surface area contributed by atoms with Gasteiger partial charge in [-0.15, -0.1) is 0 Å². The number of carbonyl (C=O) groups is 1. The molecule has 54 valence electrons. The molecule has 0 aromatic heterocycles. The summed E-state index contributed by atoms with van der Waals surface area (Å²) in [5, 5.41) is 5.60. The van der Waals surface area contributed by atoms with Gasteiger partial charge in [-0.05, 0) is 19.3 Å². The average Bonchev–Trinajstić information content (AvgIpc) is 2.41. The zero-order chi connectivity index (χ0) is 7.14. The summed E-state index contributed by atoms with van der Waals surface area (Å²) >= 11 is 0. The van der Waals surface area contributed by atoms with Crippen LogP contribution in [0, 0.1) is 5.92 Å². The van der Waals surface area contributed by atoms with Crippen LogP contribution in [0.25, 0.3) is 0 Å². The van der Waals surface area contributed by atoms with Gasteiger partial charge in [-0.25, -0.2) is 5.01 Å². The molecular weight excluding hydrogens is 128 g/mol. The van der Waals surface area contributed by atoms with Crippen molar-refractivity contribution in [1.82, 2.24) is 5.01 Å². The largest absolute Gasteiger partial charge is 0.272 e. The Morgan fingerprint density at radius 3 is 3.20 bits per heavy atom. The minimum Gasteiger partial charge on any atom is -0.272 e. The molecule has 0 saturated heterocycles. The second kappa shape index (κ2) is 1.81. The lowest BCUT2D eigenvalue weighted by Gasteiger charge is -2.04. The first kappa shape index (κ1) is 5.89. The van der Waals surface area contributed by atoms with E-state index in [0.717, 1.165) is 25.0 Å². The Hall–Kier alpha value is -0.860. The predicted molar refractivity (Wildman–Crippen MR) is 37.5 cm³/mol. The molecule has 0 bridgehead atoms. The number of rotatable bonds is 0. The summed E-state index contributed by atoms with van der Waals surface area (Å²) < 4.78 is 0. The third kappa shape index (κ3) is 0.602. The molecule has 1 unspecified atom stereocenters. The molecule has 2 rings (SSSR count). The second-order valence-corrected chi connectivity index (χ2v) is 2.90. The van der Waals surface area contributed by atoms with Gasteiger partial charge < -0.3 is 0 Å². The highest BCUT2D eigenvalue weighted by atomic mass is 16.2. The maximum absolute atomic E-state index is 11.2. The molecule has 1 aliphatic heterocycles. The molecule has 0 aromatic carbocycles. The van der Waals surface area contributed by atoms with Crippen molar-refractivity contribution in [2.45, 2.75) is 19.3 Å². The van der Waals surface area contributed by atoms with Gasteiger partial charge in [-0.1, -0.05) is 0 Å². The van der Waals surface area contributed by atoms with Crippen molar-refractivity contribution in [2.24, 2.45) is 11.0 Å². The topological polar surface area (TPSA) is 32.7 Å². The van der Waals surface area contributed by atoms with Gasteiger partial charge in [-0.3, -0.25) is 4.79 Å². The summed E-state index contributed by atoms with van der Waals surface area (Å²) in [4.78, 5) is 11.2. The van der Waals surface area contributed by atoms with Gasteiger partial charge >= 0.3 is 0 Å². The molecule has 1 saturated carbocycles.